The molecule has 1 aromatic carbocycles. The van der Waals surface area contributed by atoms with Crippen molar-refractivity contribution in [2.24, 2.45) is 5.41 Å². The van der Waals surface area contributed by atoms with Crippen LogP contribution in [0.5, 0.6) is 0 Å². The summed E-state index contributed by atoms with van der Waals surface area (Å²) in [6.07, 6.45) is -0.797. The highest BCUT2D eigenvalue weighted by atomic mass is 16.5. The number of hydrogen-bond donors (Lipinski definition) is 1. The van der Waals surface area contributed by atoms with Crippen LogP contribution in [0.4, 0.5) is 0 Å². The van der Waals surface area contributed by atoms with Gasteiger partial charge in [0.1, 0.15) is 12.4 Å². The van der Waals surface area contributed by atoms with Gasteiger partial charge in [0, 0.05) is 18.1 Å². The van der Waals surface area contributed by atoms with Crippen LogP contribution in [0.2, 0.25) is 0 Å². The van der Waals surface area contributed by atoms with Crippen LogP contribution < -0.4 is 5.32 Å². The van der Waals surface area contributed by atoms with Gasteiger partial charge in [0.05, 0.1) is 6.42 Å². The van der Waals surface area contributed by atoms with Crippen molar-refractivity contribution >= 4 is 11.8 Å². The fourth-order valence-corrected chi connectivity index (χ4v) is 2.51. The van der Waals surface area contributed by atoms with Gasteiger partial charge in [-0.1, -0.05) is 39.0 Å². The first kappa shape index (κ1) is 15.5. The molecule has 2 amide bonds. The number of carbonyl (C=O) groups is 2. The number of ether oxygens (including phenoxy) is 1. The van der Waals surface area contributed by atoms with E-state index in [0.717, 1.165) is 0 Å². The van der Waals surface area contributed by atoms with Gasteiger partial charge in [0.2, 0.25) is 5.91 Å². The fourth-order valence-electron chi connectivity index (χ4n) is 2.51. The summed E-state index contributed by atoms with van der Waals surface area (Å²) in [6, 6.07) is 9.05. The van der Waals surface area contributed by atoms with Crippen molar-refractivity contribution in [3.8, 4) is 0 Å². The summed E-state index contributed by atoms with van der Waals surface area (Å²) in [5.74, 6) is -0.235. The monoisotopic (exact) mass is 290 g/mol. The summed E-state index contributed by atoms with van der Waals surface area (Å²) in [5, 5.41) is 2.91. The van der Waals surface area contributed by atoms with E-state index in [1.165, 1.54) is 7.11 Å². The lowest BCUT2D eigenvalue weighted by atomic mass is 9.89. The van der Waals surface area contributed by atoms with Gasteiger partial charge < -0.3 is 10.1 Å². The molecule has 21 heavy (non-hydrogen) atoms. The van der Waals surface area contributed by atoms with Gasteiger partial charge in [0.15, 0.2) is 0 Å². The molecular weight excluding hydrogens is 268 g/mol. The number of carbonyl (C=O) groups excluding carboxylic acids is 2. The zero-order valence-electron chi connectivity index (χ0n) is 12.9. The summed E-state index contributed by atoms with van der Waals surface area (Å²) in [7, 11) is 1.52. The summed E-state index contributed by atoms with van der Waals surface area (Å²) in [4.78, 5) is 26.3. The summed E-state index contributed by atoms with van der Waals surface area (Å²) >= 11 is 0. The molecule has 1 saturated heterocycles. The van der Waals surface area contributed by atoms with E-state index in [-0.39, 0.29) is 23.7 Å². The Hall–Kier alpha value is -1.88. The third-order valence-electron chi connectivity index (χ3n) is 3.59. The Kier molecular flexibility index (Phi) is 4.32. The van der Waals surface area contributed by atoms with Gasteiger partial charge in [-0.05, 0) is 12.1 Å². The predicted molar refractivity (Wildman–Crippen MR) is 79.4 cm³/mol. The molecule has 2 atom stereocenters. The summed E-state index contributed by atoms with van der Waals surface area (Å²) in [6.45, 7) is 5.96. The van der Waals surface area contributed by atoms with Crippen molar-refractivity contribution in [2.75, 3.05) is 7.11 Å². The first-order chi connectivity index (χ1) is 9.84. The van der Waals surface area contributed by atoms with E-state index in [0.29, 0.717) is 5.56 Å². The smallest absolute Gasteiger partial charge is 0.257 e. The topological polar surface area (TPSA) is 58.6 Å². The quantitative estimate of drug-likeness (QED) is 0.906. The molecule has 0 aliphatic carbocycles. The standard InChI is InChI=1S/C16H22N2O3/c1-16(2,3)15-17-12(19)10-13(21-4)18(15)14(20)11-8-6-5-7-9-11/h5-9,13,15H,10H2,1-4H3,(H,17,19)/t13-,15-/m0/s1. The minimum atomic E-state index is -0.546. The minimum absolute atomic E-state index is 0.0983. The maximum atomic E-state index is 12.8. The molecule has 0 unspecified atom stereocenters. The van der Waals surface area contributed by atoms with E-state index in [1.54, 1.807) is 17.0 Å². The molecular formula is C16H22N2O3. The highest BCUT2D eigenvalue weighted by molar-refractivity contribution is 5.95. The Balaban J connectivity index is 2.39. The van der Waals surface area contributed by atoms with Gasteiger partial charge >= 0.3 is 0 Å². The van der Waals surface area contributed by atoms with E-state index in [1.807, 2.05) is 39.0 Å². The normalized spacial score (nSPS) is 22.9. The first-order valence-corrected chi connectivity index (χ1v) is 7.04. The summed E-state index contributed by atoms with van der Waals surface area (Å²) < 4.78 is 5.39. The van der Waals surface area contributed by atoms with Gasteiger partial charge in [-0.3, -0.25) is 14.5 Å². The molecule has 1 aliphatic heterocycles. The SMILES string of the molecule is CO[C@H]1CC(=O)N[C@H](C(C)(C)C)N1C(=O)c1ccccc1. The largest absolute Gasteiger partial charge is 0.361 e. The van der Waals surface area contributed by atoms with Gasteiger partial charge in [-0.2, -0.15) is 0 Å². The lowest BCUT2D eigenvalue weighted by Gasteiger charge is -2.46. The van der Waals surface area contributed by atoms with Crippen molar-refractivity contribution in [3.05, 3.63) is 35.9 Å². The maximum absolute atomic E-state index is 12.8. The molecule has 2 rings (SSSR count). The van der Waals surface area contributed by atoms with E-state index in [2.05, 4.69) is 5.32 Å². The molecule has 5 heteroatoms. The average molecular weight is 290 g/mol. The molecule has 114 valence electrons. The molecule has 0 saturated carbocycles. The molecule has 1 heterocycles. The Morgan fingerprint density at radius 2 is 1.90 bits per heavy atom. The minimum Gasteiger partial charge on any atom is -0.361 e. The highest BCUT2D eigenvalue weighted by Gasteiger charge is 2.43. The van der Waals surface area contributed by atoms with Gasteiger partial charge in [-0.25, -0.2) is 0 Å². The zero-order chi connectivity index (χ0) is 15.6. The molecule has 1 fully saturated rings. The zero-order valence-corrected chi connectivity index (χ0v) is 12.9. The predicted octanol–water partition coefficient (Wildman–Crippen LogP) is 1.99. The Bertz CT molecular complexity index is 522. The maximum Gasteiger partial charge on any atom is 0.257 e. The number of nitrogens with zero attached hydrogens (tertiary/aromatic N) is 1. The third-order valence-corrected chi connectivity index (χ3v) is 3.59. The Labute approximate surface area is 125 Å². The van der Waals surface area contributed by atoms with Gasteiger partial charge in [-0.15, -0.1) is 0 Å². The molecule has 0 bridgehead atoms. The van der Waals surface area contributed by atoms with Crippen molar-refractivity contribution in [1.29, 1.82) is 0 Å². The van der Waals surface area contributed by atoms with Crippen LogP contribution in [-0.4, -0.2) is 36.2 Å². The van der Waals surface area contributed by atoms with Crippen molar-refractivity contribution in [1.82, 2.24) is 10.2 Å². The van der Waals surface area contributed by atoms with E-state index in [4.69, 9.17) is 4.74 Å². The van der Waals surface area contributed by atoms with Crippen LogP contribution in [0.15, 0.2) is 30.3 Å². The van der Waals surface area contributed by atoms with E-state index in [9.17, 15) is 9.59 Å². The lowest BCUT2D eigenvalue weighted by Crippen LogP contribution is -2.65. The fraction of sp³-hybridized carbons (Fsp3) is 0.500. The molecule has 1 N–H and O–H groups in total. The van der Waals surface area contributed by atoms with Gasteiger partial charge in [0.25, 0.3) is 5.91 Å². The third kappa shape index (κ3) is 3.24. The van der Waals surface area contributed by atoms with Crippen molar-refractivity contribution in [2.45, 2.75) is 39.6 Å². The second-order valence-electron chi connectivity index (χ2n) is 6.31. The first-order valence-electron chi connectivity index (χ1n) is 7.04. The van der Waals surface area contributed by atoms with Crippen LogP contribution in [0.25, 0.3) is 0 Å². The number of nitrogens with one attached hydrogen (secondary N) is 1. The van der Waals surface area contributed by atoms with E-state index >= 15 is 0 Å². The highest BCUT2D eigenvalue weighted by Crippen LogP contribution is 2.29. The molecule has 0 aromatic heterocycles. The lowest BCUT2D eigenvalue weighted by molar-refractivity contribution is -0.144. The molecule has 5 nitrogen and oxygen atoms in total. The van der Waals surface area contributed by atoms with Crippen LogP contribution in [0.3, 0.4) is 0 Å². The second-order valence-corrected chi connectivity index (χ2v) is 6.31. The molecule has 1 aliphatic rings. The van der Waals surface area contributed by atoms with Crippen LogP contribution in [0.1, 0.15) is 37.6 Å². The second kappa shape index (κ2) is 5.85. The number of rotatable bonds is 2. The molecule has 1 aromatic rings. The Morgan fingerprint density at radius 3 is 2.43 bits per heavy atom. The van der Waals surface area contributed by atoms with Crippen molar-refractivity contribution in [3.63, 3.8) is 0 Å². The molecule has 0 spiro atoms. The number of methoxy groups -OCH3 is 1. The van der Waals surface area contributed by atoms with Crippen LogP contribution in [-0.2, 0) is 9.53 Å². The van der Waals surface area contributed by atoms with E-state index < -0.39 is 12.4 Å². The van der Waals surface area contributed by atoms with Crippen LogP contribution in [0, 0.1) is 5.41 Å². The number of benzene rings is 1. The number of hydrogen-bond acceptors (Lipinski definition) is 3. The summed E-state index contributed by atoms with van der Waals surface area (Å²) in [5.41, 5.74) is 0.294. The van der Waals surface area contributed by atoms with Crippen LogP contribution >= 0.6 is 0 Å². The molecule has 0 radical (unpaired) electrons. The average Bonchev–Trinajstić information content (AvgIpc) is 2.45. The van der Waals surface area contributed by atoms with Crippen molar-refractivity contribution < 1.29 is 14.3 Å². The number of amides is 2. The Morgan fingerprint density at radius 1 is 1.29 bits per heavy atom.